The lowest BCUT2D eigenvalue weighted by Gasteiger charge is -2.44. The summed E-state index contributed by atoms with van der Waals surface area (Å²) in [6.07, 6.45) is 1.11. The van der Waals surface area contributed by atoms with Crippen LogP contribution in [0.25, 0.3) is 0 Å². The smallest absolute Gasteiger partial charge is 0.188 e. The SMILES string of the molecule is CC1(C)C(N)=N[C@](C)(c2nc(CC(=O)c3ncc(F)cc3Cl)ccc2F)[C@H]2CCN=[S@]21=O. The van der Waals surface area contributed by atoms with Crippen LogP contribution in [0.4, 0.5) is 8.78 Å². The van der Waals surface area contributed by atoms with Gasteiger partial charge in [0.1, 0.15) is 39.1 Å². The predicted octanol–water partition coefficient (Wildman–Crippen LogP) is 3.44. The van der Waals surface area contributed by atoms with E-state index in [1.807, 2.05) is 0 Å². The van der Waals surface area contributed by atoms with Crippen molar-refractivity contribution in [2.75, 3.05) is 6.54 Å². The summed E-state index contributed by atoms with van der Waals surface area (Å²) in [5, 5.41) is -0.707. The first-order chi connectivity index (χ1) is 14.9. The summed E-state index contributed by atoms with van der Waals surface area (Å²) in [4.78, 5) is 25.4. The third-order valence-corrected chi connectivity index (χ3v) is 10.2. The van der Waals surface area contributed by atoms with E-state index < -0.39 is 42.7 Å². The summed E-state index contributed by atoms with van der Waals surface area (Å²) in [7, 11) is -2.85. The molecule has 0 unspecified atom stereocenters. The van der Waals surface area contributed by atoms with E-state index in [-0.39, 0.29) is 34.4 Å². The van der Waals surface area contributed by atoms with Crippen molar-refractivity contribution in [2.24, 2.45) is 15.1 Å². The number of aliphatic imine (C=N–C) groups is 1. The summed E-state index contributed by atoms with van der Waals surface area (Å²) in [6.45, 7) is 5.47. The van der Waals surface area contributed by atoms with Crippen LogP contribution in [0.3, 0.4) is 0 Å². The zero-order chi connectivity index (χ0) is 23.5. The van der Waals surface area contributed by atoms with E-state index in [0.717, 1.165) is 12.3 Å². The van der Waals surface area contributed by atoms with Crippen LogP contribution >= 0.6 is 11.6 Å². The van der Waals surface area contributed by atoms with Crippen LogP contribution in [-0.4, -0.2) is 42.3 Å². The summed E-state index contributed by atoms with van der Waals surface area (Å²) in [5.74, 6) is -1.69. The van der Waals surface area contributed by atoms with Crippen molar-refractivity contribution in [1.29, 1.82) is 0 Å². The molecule has 0 amide bonds. The molecule has 2 aliphatic rings. The standard InChI is InChI=1S/C21H22ClF2N5O2S/c1-20(2)19(25)29-21(3,16-6-7-27-32(16,20)31)18-14(24)5-4-12(28-18)9-15(30)17-13(22)8-11(23)10-26-17/h4-5,8,10,16H,6-7,9H2,1-3H3,(H2,25,29)/t16-,21+,32+/m1/s1. The molecule has 0 spiro atoms. The molecular formula is C21H22ClF2N5O2S. The number of nitrogens with zero attached hydrogens (tertiary/aromatic N) is 4. The molecule has 0 saturated heterocycles. The quantitative estimate of drug-likeness (QED) is 0.672. The number of fused-ring (bicyclic) bond motifs is 1. The molecule has 2 aliphatic heterocycles. The molecule has 11 heteroatoms. The van der Waals surface area contributed by atoms with Crippen LogP contribution in [0.2, 0.25) is 5.02 Å². The Labute approximate surface area is 189 Å². The van der Waals surface area contributed by atoms with Crippen molar-refractivity contribution in [3.8, 4) is 0 Å². The monoisotopic (exact) mass is 481 g/mol. The lowest BCUT2D eigenvalue weighted by Crippen LogP contribution is -2.58. The van der Waals surface area contributed by atoms with Gasteiger partial charge in [-0.15, -0.1) is 0 Å². The van der Waals surface area contributed by atoms with Gasteiger partial charge in [0.15, 0.2) is 5.78 Å². The van der Waals surface area contributed by atoms with Gasteiger partial charge >= 0.3 is 0 Å². The normalized spacial score (nSPS) is 28.6. The van der Waals surface area contributed by atoms with E-state index in [9.17, 15) is 13.4 Å². The Bertz CT molecular complexity index is 1290. The Morgan fingerprint density at radius 3 is 2.72 bits per heavy atom. The van der Waals surface area contributed by atoms with E-state index in [1.54, 1.807) is 20.8 Å². The number of rotatable bonds is 4. The van der Waals surface area contributed by atoms with Crippen LogP contribution in [0, 0.1) is 11.6 Å². The Kier molecular flexibility index (Phi) is 5.36. The fourth-order valence-corrected chi connectivity index (χ4v) is 7.69. The minimum Gasteiger partial charge on any atom is -0.386 e. The highest BCUT2D eigenvalue weighted by Gasteiger charge is 2.57. The number of hydrogen-bond donors (Lipinski definition) is 1. The van der Waals surface area contributed by atoms with Crippen molar-refractivity contribution in [1.82, 2.24) is 9.97 Å². The Morgan fingerprint density at radius 2 is 2.03 bits per heavy atom. The minimum absolute atomic E-state index is 0.0470. The van der Waals surface area contributed by atoms with E-state index >= 15 is 4.39 Å². The fraction of sp³-hybridized carbons (Fsp3) is 0.429. The molecule has 2 aromatic heterocycles. The molecule has 7 nitrogen and oxygen atoms in total. The topological polar surface area (TPSA) is 111 Å². The van der Waals surface area contributed by atoms with Gasteiger partial charge in [0, 0.05) is 12.2 Å². The second-order valence-corrected chi connectivity index (χ2v) is 12.0. The van der Waals surface area contributed by atoms with Gasteiger partial charge in [-0.05, 0) is 45.4 Å². The summed E-state index contributed by atoms with van der Waals surface area (Å²) in [6, 6.07) is 3.55. The first-order valence-electron chi connectivity index (χ1n) is 9.97. The molecule has 2 aromatic rings. The van der Waals surface area contributed by atoms with Gasteiger partial charge < -0.3 is 5.73 Å². The average Bonchev–Trinajstić information content (AvgIpc) is 3.13. The van der Waals surface area contributed by atoms with Gasteiger partial charge in [-0.25, -0.2) is 22.3 Å². The van der Waals surface area contributed by atoms with Gasteiger partial charge in [-0.1, -0.05) is 11.6 Å². The van der Waals surface area contributed by atoms with Crippen molar-refractivity contribution in [2.45, 2.75) is 49.1 Å². The lowest BCUT2D eigenvalue weighted by atomic mass is 9.89. The molecule has 4 rings (SSSR count). The molecule has 0 fully saturated rings. The van der Waals surface area contributed by atoms with Gasteiger partial charge in [0.2, 0.25) is 0 Å². The number of amidine groups is 1. The van der Waals surface area contributed by atoms with Crippen molar-refractivity contribution < 1.29 is 17.8 Å². The van der Waals surface area contributed by atoms with E-state index in [2.05, 4.69) is 19.3 Å². The zero-order valence-corrected chi connectivity index (χ0v) is 19.3. The molecular weight excluding hydrogens is 460 g/mol. The molecule has 0 radical (unpaired) electrons. The van der Waals surface area contributed by atoms with Gasteiger partial charge in [-0.3, -0.25) is 14.8 Å². The van der Waals surface area contributed by atoms with Crippen LogP contribution < -0.4 is 5.73 Å². The molecule has 170 valence electrons. The molecule has 32 heavy (non-hydrogen) atoms. The molecule has 0 aromatic carbocycles. The molecule has 0 bridgehead atoms. The van der Waals surface area contributed by atoms with E-state index in [1.165, 1.54) is 12.1 Å². The molecule has 2 N–H and O–H groups in total. The number of Topliss-reactive ketones (excluding diaryl/α,β-unsaturated/α-hetero) is 1. The fourth-order valence-electron chi connectivity index (χ4n) is 4.28. The maximum absolute atomic E-state index is 15.0. The molecule has 0 aliphatic carbocycles. The van der Waals surface area contributed by atoms with Crippen molar-refractivity contribution in [3.05, 3.63) is 58.1 Å². The molecule has 4 heterocycles. The van der Waals surface area contributed by atoms with Crippen LogP contribution in [-0.2, 0) is 21.7 Å². The lowest BCUT2D eigenvalue weighted by molar-refractivity contribution is 0.0987. The first-order valence-corrected chi connectivity index (χ1v) is 11.9. The molecule has 3 atom stereocenters. The first kappa shape index (κ1) is 22.7. The summed E-state index contributed by atoms with van der Waals surface area (Å²) < 4.78 is 45.5. The number of aromatic nitrogens is 2. The minimum atomic E-state index is -2.85. The highest BCUT2D eigenvalue weighted by Crippen LogP contribution is 2.47. The maximum atomic E-state index is 15.0. The number of halogens is 3. The second kappa shape index (κ2) is 7.55. The average molecular weight is 482 g/mol. The van der Waals surface area contributed by atoms with Crippen LogP contribution in [0.5, 0.6) is 0 Å². The number of carbonyl (C=O) groups is 1. The summed E-state index contributed by atoms with van der Waals surface area (Å²) >= 11 is 5.93. The third-order valence-electron chi connectivity index (χ3n) is 6.18. The number of nitrogens with two attached hydrogens (primary N) is 1. The molecule has 0 saturated carbocycles. The number of ketones is 1. The second-order valence-electron chi connectivity index (χ2n) is 8.57. The van der Waals surface area contributed by atoms with Gasteiger partial charge in [0.05, 0.1) is 32.6 Å². The Morgan fingerprint density at radius 1 is 1.31 bits per heavy atom. The highest BCUT2D eigenvalue weighted by atomic mass is 35.5. The third kappa shape index (κ3) is 3.31. The van der Waals surface area contributed by atoms with Gasteiger partial charge in [-0.2, -0.15) is 0 Å². The predicted molar refractivity (Wildman–Crippen MR) is 118 cm³/mol. The van der Waals surface area contributed by atoms with E-state index in [4.69, 9.17) is 17.3 Å². The van der Waals surface area contributed by atoms with Crippen LogP contribution in [0.1, 0.15) is 49.1 Å². The Hall–Kier alpha value is -2.46. The highest BCUT2D eigenvalue weighted by molar-refractivity contribution is 7.96. The van der Waals surface area contributed by atoms with Crippen molar-refractivity contribution >= 4 is 32.9 Å². The number of pyridine rings is 2. The largest absolute Gasteiger partial charge is 0.386 e. The van der Waals surface area contributed by atoms with Gasteiger partial charge in [0.25, 0.3) is 0 Å². The Balaban J connectivity index is 1.76. The maximum Gasteiger partial charge on any atom is 0.188 e. The number of hydrogen-bond acceptors (Lipinski definition) is 7. The summed E-state index contributed by atoms with van der Waals surface area (Å²) in [5.41, 5.74) is 4.97. The van der Waals surface area contributed by atoms with Crippen LogP contribution in [0.15, 0.2) is 33.8 Å². The van der Waals surface area contributed by atoms with E-state index in [0.29, 0.717) is 13.0 Å². The zero-order valence-electron chi connectivity index (χ0n) is 17.7. The van der Waals surface area contributed by atoms with Crippen molar-refractivity contribution in [3.63, 3.8) is 0 Å². The number of carbonyl (C=O) groups excluding carboxylic acids is 1.